The van der Waals surface area contributed by atoms with Crippen LogP contribution >= 0.6 is 0 Å². The molecular weight excluding hydrogens is 336 g/mol. The van der Waals surface area contributed by atoms with Crippen LogP contribution in [0.1, 0.15) is 34.8 Å². The van der Waals surface area contributed by atoms with Crippen LogP contribution in [0.25, 0.3) is 0 Å². The standard InChI is InChI=1S/C14H20N4O5S/c15-24(22,23)18-6-3-11(12(18)14(20)21)9-1-4-17(5-2-9)13(19)10-7-16-8-10/h3,6,9-10,16H,1-2,4-5,7-8H2,(H,20,21)(H2,15,22,23). The number of rotatable bonds is 4. The lowest BCUT2D eigenvalue weighted by atomic mass is 9.88. The van der Waals surface area contributed by atoms with Gasteiger partial charge in [0.2, 0.25) is 5.91 Å². The van der Waals surface area contributed by atoms with Crippen molar-refractivity contribution in [3.8, 4) is 0 Å². The first-order valence-electron chi connectivity index (χ1n) is 7.76. The monoisotopic (exact) mass is 356 g/mol. The summed E-state index contributed by atoms with van der Waals surface area (Å²) in [5.41, 5.74) is 0.138. The molecule has 132 valence electrons. The zero-order chi connectivity index (χ0) is 17.5. The van der Waals surface area contributed by atoms with E-state index in [0.29, 0.717) is 48.6 Å². The van der Waals surface area contributed by atoms with E-state index < -0.39 is 16.2 Å². The molecule has 0 radical (unpaired) electrons. The summed E-state index contributed by atoms with van der Waals surface area (Å²) in [6, 6.07) is 1.49. The van der Waals surface area contributed by atoms with Gasteiger partial charge in [-0.3, -0.25) is 4.79 Å². The van der Waals surface area contributed by atoms with Gasteiger partial charge in [-0.05, 0) is 30.4 Å². The number of nitrogens with one attached hydrogen (secondary N) is 1. The van der Waals surface area contributed by atoms with Crippen LogP contribution < -0.4 is 10.5 Å². The van der Waals surface area contributed by atoms with Crippen LogP contribution in [0, 0.1) is 5.92 Å². The molecule has 0 atom stereocenters. The number of carbonyl (C=O) groups is 2. The molecule has 2 fully saturated rings. The average Bonchev–Trinajstić information content (AvgIpc) is 2.90. The number of aromatic nitrogens is 1. The van der Waals surface area contributed by atoms with Crippen molar-refractivity contribution < 1.29 is 23.1 Å². The SMILES string of the molecule is NS(=O)(=O)n1ccc(C2CCN(C(=O)C3CNC3)CC2)c1C(=O)O. The molecule has 1 aromatic heterocycles. The summed E-state index contributed by atoms with van der Waals surface area (Å²) in [5.74, 6) is -1.27. The van der Waals surface area contributed by atoms with Gasteiger partial charge in [-0.25, -0.2) is 13.9 Å². The first kappa shape index (κ1) is 16.9. The molecule has 3 heterocycles. The maximum atomic E-state index is 12.2. The maximum absolute atomic E-state index is 12.2. The number of carboxylic acids is 1. The average molecular weight is 356 g/mol. The minimum atomic E-state index is -4.16. The largest absolute Gasteiger partial charge is 0.477 e. The van der Waals surface area contributed by atoms with Gasteiger partial charge in [-0.15, -0.1) is 0 Å². The van der Waals surface area contributed by atoms with Crippen LogP contribution in [-0.4, -0.2) is 60.5 Å². The molecule has 1 amide bonds. The molecule has 0 aliphatic carbocycles. The number of nitrogens with zero attached hydrogens (tertiary/aromatic N) is 2. The van der Waals surface area contributed by atoms with Gasteiger partial charge in [0, 0.05) is 32.4 Å². The zero-order valence-electron chi connectivity index (χ0n) is 13.0. The van der Waals surface area contributed by atoms with Gasteiger partial charge < -0.3 is 15.3 Å². The molecule has 0 aromatic carbocycles. The molecule has 24 heavy (non-hydrogen) atoms. The molecule has 0 spiro atoms. The molecule has 10 heteroatoms. The molecule has 2 aliphatic rings. The highest BCUT2D eigenvalue weighted by molar-refractivity contribution is 7.87. The smallest absolute Gasteiger partial charge is 0.353 e. The Kier molecular flexibility index (Phi) is 4.37. The van der Waals surface area contributed by atoms with Gasteiger partial charge in [0.25, 0.3) is 0 Å². The van der Waals surface area contributed by atoms with Crippen molar-refractivity contribution in [2.45, 2.75) is 18.8 Å². The van der Waals surface area contributed by atoms with Gasteiger partial charge in [-0.2, -0.15) is 8.42 Å². The van der Waals surface area contributed by atoms with Crippen LogP contribution in [0.4, 0.5) is 0 Å². The summed E-state index contributed by atoms with van der Waals surface area (Å²) in [4.78, 5) is 25.5. The van der Waals surface area contributed by atoms with Gasteiger partial charge >= 0.3 is 16.2 Å². The minimum absolute atomic E-state index is 0.0413. The molecule has 3 rings (SSSR count). The molecule has 2 aliphatic heterocycles. The Balaban J connectivity index is 1.76. The number of hydrogen-bond acceptors (Lipinski definition) is 5. The Labute approximate surface area is 139 Å². The molecule has 0 bridgehead atoms. The van der Waals surface area contributed by atoms with E-state index in [1.165, 1.54) is 12.3 Å². The third-order valence-electron chi connectivity index (χ3n) is 4.74. The van der Waals surface area contributed by atoms with E-state index in [-0.39, 0.29) is 23.4 Å². The van der Waals surface area contributed by atoms with Crippen molar-refractivity contribution in [2.75, 3.05) is 26.2 Å². The summed E-state index contributed by atoms with van der Waals surface area (Å²) in [5, 5.41) is 17.5. The first-order chi connectivity index (χ1) is 11.3. The fraction of sp³-hybridized carbons (Fsp3) is 0.571. The van der Waals surface area contributed by atoms with E-state index >= 15 is 0 Å². The van der Waals surface area contributed by atoms with Gasteiger partial charge in [-0.1, -0.05) is 0 Å². The van der Waals surface area contributed by atoms with Crippen LogP contribution in [0.2, 0.25) is 0 Å². The summed E-state index contributed by atoms with van der Waals surface area (Å²) >= 11 is 0. The second kappa shape index (κ2) is 6.19. The Hall–Kier alpha value is -1.91. The number of likely N-dealkylation sites (tertiary alicyclic amines) is 1. The molecule has 2 saturated heterocycles. The lowest BCUT2D eigenvalue weighted by Crippen LogP contribution is -2.53. The number of nitrogens with two attached hydrogens (primary N) is 1. The fourth-order valence-electron chi connectivity index (χ4n) is 3.32. The lowest BCUT2D eigenvalue weighted by Gasteiger charge is -2.37. The molecule has 1 aromatic rings. The van der Waals surface area contributed by atoms with Crippen LogP contribution in [0.3, 0.4) is 0 Å². The van der Waals surface area contributed by atoms with E-state index in [1.54, 1.807) is 4.90 Å². The predicted molar refractivity (Wildman–Crippen MR) is 84.8 cm³/mol. The summed E-state index contributed by atoms with van der Waals surface area (Å²) < 4.78 is 23.7. The normalized spacial score (nSPS) is 20.0. The topological polar surface area (TPSA) is 135 Å². The predicted octanol–water partition coefficient (Wildman–Crippen LogP) is -0.837. The van der Waals surface area contributed by atoms with Crippen molar-refractivity contribution in [3.63, 3.8) is 0 Å². The van der Waals surface area contributed by atoms with Crippen molar-refractivity contribution in [1.82, 2.24) is 14.2 Å². The second-order valence-corrected chi connectivity index (χ2v) is 7.64. The van der Waals surface area contributed by atoms with Gasteiger partial charge in [0.05, 0.1) is 5.92 Å². The molecule has 0 unspecified atom stereocenters. The third kappa shape index (κ3) is 3.04. The van der Waals surface area contributed by atoms with Gasteiger partial charge in [0.15, 0.2) is 0 Å². The van der Waals surface area contributed by atoms with E-state index in [1.807, 2.05) is 0 Å². The number of carbonyl (C=O) groups excluding carboxylic acids is 1. The molecule has 9 nitrogen and oxygen atoms in total. The molecular formula is C14H20N4O5S. The number of piperidine rings is 1. The molecule has 0 saturated carbocycles. The Morgan fingerprint density at radius 2 is 1.88 bits per heavy atom. The second-order valence-electron chi connectivity index (χ2n) is 6.22. The Bertz CT molecular complexity index is 760. The van der Waals surface area contributed by atoms with E-state index in [2.05, 4.69) is 5.32 Å². The fourth-order valence-corrected chi connectivity index (χ4v) is 3.99. The first-order valence-corrected chi connectivity index (χ1v) is 9.26. The summed E-state index contributed by atoms with van der Waals surface area (Å²) in [6.07, 6.45) is 2.37. The number of carboxylic acid groups (broad SMARTS) is 1. The van der Waals surface area contributed by atoms with Crippen molar-refractivity contribution >= 4 is 22.1 Å². The van der Waals surface area contributed by atoms with Gasteiger partial charge in [0.1, 0.15) is 5.69 Å². The van der Waals surface area contributed by atoms with Crippen molar-refractivity contribution in [1.29, 1.82) is 0 Å². The number of amides is 1. The van der Waals surface area contributed by atoms with E-state index in [4.69, 9.17) is 5.14 Å². The highest BCUT2D eigenvalue weighted by Gasteiger charge is 2.34. The third-order valence-corrected chi connectivity index (χ3v) is 5.59. The number of hydrogen-bond donors (Lipinski definition) is 3. The Morgan fingerprint density at radius 1 is 1.25 bits per heavy atom. The van der Waals surface area contributed by atoms with E-state index in [0.717, 1.165) is 0 Å². The van der Waals surface area contributed by atoms with Crippen LogP contribution in [-0.2, 0) is 15.0 Å². The lowest BCUT2D eigenvalue weighted by molar-refractivity contribution is -0.138. The zero-order valence-corrected chi connectivity index (χ0v) is 13.8. The highest BCUT2D eigenvalue weighted by Crippen LogP contribution is 2.32. The van der Waals surface area contributed by atoms with Crippen molar-refractivity contribution in [3.05, 3.63) is 23.5 Å². The Morgan fingerprint density at radius 3 is 2.33 bits per heavy atom. The van der Waals surface area contributed by atoms with Crippen LogP contribution in [0.15, 0.2) is 12.3 Å². The van der Waals surface area contributed by atoms with Crippen LogP contribution in [0.5, 0.6) is 0 Å². The highest BCUT2D eigenvalue weighted by atomic mass is 32.2. The summed E-state index contributed by atoms with van der Waals surface area (Å²) in [6.45, 7) is 2.50. The summed E-state index contributed by atoms with van der Waals surface area (Å²) in [7, 11) is -4.16. The van der Waals surface area contributed by atoms with Crippen molar-refractivity contribution in [2.24, 2.45) is 11.1 Å². The number of aromatic carboxylic acids is 1. The quantitative estimate of drug-likeness (QED) is 0.644. The maximum Gasteiger partial charge on any atom is 0.353 e. The van der Waals surface area contributed by atoms with E-state index in [9.17, 15) is 23.1 Å². The minimum Gasteiger partial charge on any atom is -0.477 e. The molecule has 4 N–H and O–H groups in total.